The van der Waals surface area contributed by atoms with Crippen LogP contribution >= 0.6 is 0 Å². The van der Waals surface area contributed by atoms with Crippen molar-refractivity contribution in [2.45, 2.75) is 116 Å². The molecular formula is C25H47NO5. The fourth-order valence-electron chi connectivity index (χ4n) is 4.09. The van der Waals surface area contributed by atoms with Gasteiger partial charge in [-0.1, -0.05) is 90.4 Å². The van der Waals surface area contributed by atoms with Crippen LogP contribution in [0.15, 0.2) is 0 Å². The molecule has 1 aliphatic rings. The Hall–Kier alpha value is -1.30. The lowest BCUT2D eigenvalue weighted by molar-refractivity contribution is -0.148. The monoisotopic (exact) mass is 441 g/mol. The van der Waals surface area contributed by atoms with Crippen LogP contribution in [0.4, 0.5) is 4.79 Å². The van der Waals surface area contributed by atoms with Gasteiger partial charge in [0.25, 0.3) is 0 Å². The standard InChI is InChI=1S/C25H47NO5/c1-3-4-5-6-7-8-9-10-11-12-13-14-15-16-20-30-24(27)23-18-17-19-26(23)25(28)31-22-21-29-2/h23H,3-22H2,1-2H3. The summed E-state index contributed by atoms with van der Waals surface area (Å²) in [6.45, 7) is 3.81. The highest BCUT2D eigenvalue weighted by Crippen LogP contribution is 2.20. The number of hydrogen-bond donors (Lipinski definition) is 0. The molecule has 0 aliphatic carbocycles. The predicted molar refractivity (Wildman–Crippen MR) is 124 cm³/mol. The molecule has 1 saturated heterocycles. The third-order valence-corrected chi connectivity index (χ3v) is 6.01. The van der Waals surface area contributed by atoms with Crippen LogP contribution in [-0.2, 0) is 19.0 Å². The Kier molecular flexibility index (Phi) is 17.3. The molecule has 6 heteroatoms. The zero-order chi connectivity index (χ0) is 22.6. The first kappa shape index (κ1) is 27.7. The molecule has 1 heterocycles. The summed E-state index contributed by atoms with van der Waals surface area (Å²) < 4.78 is 15.4. The molecule has 1 unspecified atom stereocenters. The minimum absolute atomic E-state index is 0.201. The summed E-state index contributed by atoms with van der Waals surface area (Å²) in [6.07, 6.45) is 19.2. The first-order chi connectivity index (χ1) is 15.2. The molecule has 0 bridgehead atoms. The van der Waals surface area contributed by atoms with Gasteiger partial charge in [0.1, 0.15) is 12.6 Å². The molecule has 0 aromatic rings. The van der Waals surface area contributed by atoms with E-state index in [1.165, 1.54) is 81.9 Å². The van der Waals surface area contributed by atoms with E-state index in [4.69, 9.17) is 14.2 Å². The quantitative estimate of drug-likeness (QED) is 0.175. The number of amides is 1. The van der Waals surface area contributed by atoms with Crippen LogP contribution in [-0.4, -0.2) is 56.5 Å². The molecule has 1 aliphatic heterocycles. The van der Waals surface area contributed by atoms with Crippen molar-refractivity contribution in [2.24, 2.45) is 0 Å². The summed E-state index contributed by atoms with van der Waals surface area (Å²) in [5, 5.41) is 0. The Morgan fingerprint density at radius 2 is 1.29 bits per heavy atom. The SMILES string of the molecule is CCCCCCCCCCCCCCCCOC(=O)C1CCCN1C(=O)OCCOC. The highest BCUT2D eigenvalue weighted by atomic mass is 16.6. The molecular weight excluding hydrogens is 394 g/mol. The van der Waals surface area contributed by atoms with Crippen molar-refractivity contribution in [2.75, 3.05) is 33.5 Å². The fourth-order valence-corrected chi connectivity index (χ4v) is 4.09. The number of ether oxygens (including phenoxy) is 3. The molecule has 6 nitrogen and oxygen atoms in total. The number of unbranched alkanes of at least 4 members (excludes halogenated alkanes) is 13. The Morgan fingerprint density at radius 1 is 0.742 bits per heavy atom. The van der Waals surface area contributed by atoms with Crippen LogP contribution in [0.25, 0.3) is 0 Å². The zero-order valence-electron chi connectivity index (χ0n) is 20.2. The summed E-state index contributed by atoms with van der Waals surface area (Å²) in [5.41, 5.74) is 0. The van der Waals surface area contributed by atoms with Gasteiger partial charge in [0.05, 0.1) is 13.2 Å². The molecule has 0 N–H and O–H groups in total. The number of rotatable bonds is 19. The van der Waals surface area contributed by atoms with E-state index in [1.807, 2.05) is 0 Å². The Bertz CT molecular complexity index is 457. The highest BCUT2D eigenvalue weighted by Gasteiger charge is 2.36. The number of methoxy groups -OCH3 is 1. The Morgan fingerprint density at radius 3 is 1.84 bits per heavy atom. The van der Waals surface area contributed by atoms with Crippen molar-refractivity contribution >= 4 is 12.1 Å². The molecule has 0 aromatic carbocycles. The highest BCUT2D eigenvalue weighted by molar-refractivity contribution is 5.82. The van der Waals surface area contributed by atoms with Crippen LogP contribution in [0.1, 0.15) is 110 Å². The molecule has 0 saturated carbocycles. The van der Waals surface area contributed by atoms with E-state index in [2.05, 4.69) is 6.92 Å². The van der Waals surface area contributed by atoms with Gasteiger partial charge in [-0.05, 0) is 19.3 Å². The molecule has 182 valence electrons. The summed E-state index contributed by atoms with van der Waals surface area (Å²) in [4.78, 5) is 25.9. The van der Waals surface area contributed by atoms with Gasteiger partial charge in [0.15, 0.2) is 0 Å². The maximum atomic E-state index is 12.3. The fraction of sp³-hybridized carbons (Fsp3) is 0.920. The number of likely N-dealkylation sites (tertiary alicyclic amines) is 1. The maximum absolute atomic E-state index is 12.3. The van der Waals surface area contributed by atoms with Gasteiger partial charge < -0.3 is 14.2 Å². The summed E-state index contributed by atoms with van der Waals surface area (Å²) in [5.74, 6) is -0.295. The molecule has 31 heavy (non-hydrogen) atoms. The third-order valence-electron chi connectivity index (χ3n) is 6.01. The second-order valence-electron chi connectivity index (χ2n) is 8.72. The smallest absolute Gasteiger partial charge is 0.410 e. The summed E-state index contributed by atoms with van der Waals surface area (Å²) in [7, 11) is 1.56. The lowest BCUT2D eigenvalue weighted by atomic mass is 10.0. The second-order valence-corrected chi connectivity index (χ2v) is 8.72. The number of esters is 1. The first-order valence-corrected chi connectivity index (χ1v) is 12.8. The molecule has 0 aromatic heterocycles. The van der Waals surface area contributed by atoms with Crippen LogP contribution in [0.3, 0.4) is 0 Å². The average Bonchev–Trinajstić information content (AvgIpc) is 3.26. The van der Waals surface area contributed by atoms with E-state index in [-0.39, 0.29) is 12.6 Å². The van der Waals surface area contributed by atoms with E-state index >= 15 is 0 Å². The average molecular weight is 442 g/mol. The topological polar surface area (TPSA) is 65.1 Å². The van der Waals surface area contributed by atoms with Crippen molar-refractivity contribution in [1.82, 2.24) is 4.90 Å². The van der Waals surface area contributed by atoms with Gasteiger partial charge >= 0.3 is 12.1 Å². The Balaban J connectivity index is 1.94. The normalized spacial score (nSPS) is 15.9. The summed E-state index contributed by atoms with van der Waals surface area (Å²) >= 11 is 0. The van der Waals surface area contributed by atoms with Gasteiger partial charge in [0.2, 0.25) is 0 Å². The van der Waals surface area contributed by atoms with E-state index in [0.717, 1.165) is 19.3 Å². The predicted octanol–water partition coefficient (Wildman–Crippen LogP) is 6.26. The lowest BCUT2D eigenvalue weighted by Gasteiger charge is -2.22. The second kappa shape index (κ2) is 19.4. The third kappa shape index (κ3) is 13.7. The maximum Gasteiger partial charge on any atom is 0.410 e. The minimum atomic E-state index is -0.498. The van der Waals surface area contributed by atoms with Crippen LogP contribution in [0.5, 0.6) is 0 Å². The van der Waals surface area contributed by atoms with E-state index in [1.54, 1.807) is 7.11 Å². The first-order valence-electron chi connectivity index (χ1n) is 12.8. The van der Waals surface area contributed by atoms with Gasteiger partial charge in [-0.25, -0.2) is 9.59 Å². The molecule has 0 radical (unpaired) electrons. The van der Waals surface area contributed by atoms with Crippen LogP contribution in [0, 0.1) is 0 Å². The summed E-state index contributed by atoms with van der Waals surface area (Å²) in [6, 6.07) is -0.498. The molecule has 0 spiro atoms. The van der Waals surface area contributed by atoms with Gasteiger partial charge in [-0.2, -0.15) is 0 Å². The minimum Gasteiger partial charge on any atom is -0.464 e. The number of carbonyl (C=O) groups is 2. The van der Waals surface area contributed by atoms with Crippen molar-refractivity contribution in [3.05, 3.63) is 0 Å². The zero-order valence-corrected chi connectivity index (χ0v) is 20.2. The number of carbonyl (C=O) groups excluding carboxylic acids is 2. The van der Waals surface area contributed by atoms with Crippen LogP contribution in [0.2, 0.25) is 0 Å². The van der Waals surface area contributed by atoms with Crippen molar-refractivity contribution in [1.29, 1.82) is 0 Å². The molecule has 1 rings (SSSR count). The molecule has 1 amide bonds. The molecule has 1 fully saturated rings. The van der Waals surface area contributed by atoms with Crippen molar-refractivity contribution in [3.63, 3.8) is 0 Å². The largest absolute Gasteiger partial charge is 0.464 e. The molecule has 1 atom stereocenters. The van der Waals surface area contributed by atoms with Crippen molar-refractivity contribution in [3.8, 4) is 0 Å². The van der Waals surface area contributed by atoms with Gasteiger partial charge in [-0.15, -0.1) is 0 Å². The van der Waals surface area contributed by atoms with E-state index < -0.39 is 12.1 Å². The number of hydrogen-bond acceptors (Lipinski definition) is 5. The lowest BCUT2D eigenvalue weighted by Crippen LogP contribution is -2.42. The van der Waals surface area contributed by atoms with E-state index in [9.17, 15) is 9.59 Å². The Labute approximate surface area is 190 Å². The van der Waals surface area contributed by atoms with Crippen LogP contribution < -0.4 is 0 Å². The van der Waals surface area contributed by atoms with Crippen molar-refractivity contribution < 1.29 is 23.8 Å². The van der Waals surface area contributed by atoms with Gasteiger partial charge in [0, 0.05) is 13.7 Å². The number of nitrogens with zero attached hydrogens (tertiary/aromatic N) is 1. The van der Waals surface area contributed by atoms with Gasteiger partial charge in [-0.3, -0.25) is 4.90 Å². The van der Waals surface area contributed by atoms with E-state index in [0.29, 0.717) is 26.2 Å².